The number of rotatable bonds is 3. The van der Waals surface area contributed by atoms with Crippen LogP contribution in [0.25, 0.3) is 0 Å². The van der Waals surface area contributed by atoms with Crippen molar-refractivity contribution in [3.8, 4) is 0 Å². The number of azo groups is 1. The van der Waals surface area contributed by atoms with Gasteiger partial charge in [0.05, 0.1) is 24.5 Å². The fraction of sp³-hybridized carbons (Fsp3) is 0.539. The zero-order valence-corrected chi connectivity index (χ0v) is 72.8. The van der Waals surface area contributed by atoms with E-state index >= 15 is 0 Å². The quantitative estimate of drug-likeness (QED) is 0.0764. The van der Waals surface area contributed by atoms with Crippen LogP contribution in [0.3, 0.4) is 0 Å². The molecule has 6 aromatic carbocycles. The Morgan fingerprint density at radius 1 is 0.293 bits per heavy atom. The third-order valence-electron chi connectivity index (χ3n) is 16.5. The Labute approximate surface area is 613 Å². The molecule has 0 aromatic heterocycles. The van der Waals surface area contributed by atoms with Crippen LogP contribution in [0.2, 0.25) is 0 Å². The molecule has 0 spiro atoms. The fourth-order valence-corrected chi connectivity index (χ4v) is 8.33. The number of hydrogen-bond donors (Lipinski definition) is 0. The Balaban J connectivity index is -0.000000240. The molecular weight excluding hydrogens is 1210 g/mol. The van der Waals surface area contributed by atoms with Crippen molar-refractivity contribution < 1.29 is 0 Å². The molecule has 0 amide bonds. The van der Waals surface area contributed by atoms with Gasteiger partial charge in [0.2, 0.25) is 0 Å². The molecule has 0 radical (unpaired) electrons. The van der Waals surface area contributed by atoms with Gasteiger partial charge in [0.15, 0.2) is 0 Å². The van der Waals surface area contributed by atoms with E-state index in [1.54, 1.807) is 39.5 Å². The molecule has 0 atom stereocenters. The average molecular weight is 1360 g/mol. The van der Waals surface area contributed by atoms with Gasteiger partial charge < -0.3 is 14.8 Å². The van der Waals surface area contributed by atoms with Crippen molar-refractivity contribution in [2.75, 3.05) is 70.5 Å². The van der Waals surface area contributed by atoms with Gasteiger partial charge in [-0.2, -0.15) is 15.3 Å². The first-order valence-electron chi connectivity index (χ1n) is 35.1. The van der Waals surface area contributed by atoms with E-state index in [9.17, 15) is 0 Å². The second-order valence-electron chi connectivity index (χ2n) is 29.4. The van der Waals surface area contributed by atoms with Crippen molar-refractivity contribution in [3.05, 3.63) is 219 Å². The maximum atomic E-state index is 4.13. The Morgan fingerprint density at radius 3 is 0.535 bits per heavy atom. The first-order valence-corrected chi connectivity index (χ1v) is 35.1. The van der Waals surface area contributed by atoms with E-state index in [0.29, 0.717) is 0 Å². The number of aryl methyl sites for hydroxylation is 12. The van der Waals surface area contributed by atoms with Crippen LogP contribution in [0.5, 0.6) is 0 Å². The van der Waals surface area contributed by atoms with Crippen molar-refractivity contribution in [1.82, 2.24) is 14.8 Å². The summed E-state index contributed by atoms with van der Waals surface area (Å²) in [4.78, 5) is 15.6. The van der Waals surface area contributed by atoms with Gasteiger partial charge in [-0.15, -0.1) is 0 Å². The molecule has 0 bridgehead atoms. The monoisotopic (exact) mass is 1360 g/mol. The number of aliphatic imine (C=N–C) groups is 3. The van der Waals surface area contributed by atoms with E-state index < -0.39 is 0 Å². The minimum Gasteiger partial charge on any atom is -0.384 e. The lowest BCUT2D eigenvalue weighted by molar-refractivity contribution is 0.404. The van der Waals surface area contributed by atoms with Crippen LogP contribution in [0.1, 0.15) is 210 Å². The summed E-state index contributed by atoms with van der Waals surface area (Å²) in [5.41, 5.74) is 34.3. The van der Waals surface area contributed by atoms with Crippen LogP contribution in [-0.4, -0.2) is 115 Å². The number of allylic oxidation sites excluding steroid dienone is 1. The minimum absolute atomic E-state index is 0.00868. The van der Waals surface area contributed by atoms with Gasteiger partial charge in [-0.3, -0.25) is 15.0 Å². The lowest BCUT2D eigenvalue weighted by atomic mass is 9.99. The topological polar surface area (TPSA) is 96.2 Å². The summed E-state index contributed by atoms with van der Waals surface area (Å²) in [5.74, 6) is 0. The van der Waals surface area contributed by atoms with E-state index in [4.69, 9.17) is 0 Å². The highest BCUT2D eigenvalue weighted by molar-refractivity contribution is 5.63. The van der Waals surface area contributed by atoms with Crippen LogP contribution in [0.15, 0.2) is 121 Å². The van der Waals surface area contributed by atoms with Crippen LogP contribution < -0.4 is 0 Å². The van der Waals surface area contributed by atoms with Gasteiger partial charge in [0.25, 0.3) is 0 Å². The Hall–Kier alpha value is -7.33. The fourth-order valence-electron chi connectivity index (χ4n) is 8.33. The minimum atomic E-state index is 0.00868. The smallest absolute Gasteiger partial charge is 0.0841 e. The molecule has 6 aromatic rings. The molecule has 99 heavy (non-hydrogen) atoms. The van der Waals surface area contributed by atoms with E-state index in [-0.39, 0.29) is 16.5 Å². The van der Waals surface area contributed by atoms with E-state index in [0.717, 1.165) is 0 Å². The zero-order valence-electron chi connectivity index (χ0n) is 72.8. The largest absolute Gasteiger partial charge is 0.384 e. The van der Waals surface area contributed by atoms with Gasteiger partial charge in [-0.25, -0.2) is 0 Å². The van der Waals surface area contributed by atoms with Crippen molar-refractivity contribution >= 4 is 18.8 Å². The predicted octanol–water partition coefficient (Wildman–Crippen LogP) is 24.8. The molecule has 0 saturated carbocycles. The number of hydrogen-bond acceptors (Lipinski definition) is 8. The molecule has 6 rings (SSSR count). The first-order chi connectivity index (χ1) is 45.2. The molecular formula is C89H152N10. The standard InChI is InChI=1S/6C10H14.2C6H13N.C5H12N2.C5H11N.C4H10N2.C3H9N3/c6*1-7-5-6-8(2)10(4)9(7)3;1-6(2,3)5-7-4;1-5-7-6(2,3)4;1-5(2,3)7-6-4;1-4-5-6(2)3;1-5-4-6(2)3;1-4-5-6(2)3/h6*5-6H,1-4H3;2*5H,1-4H3;1-4H3;4-5H,1-3H3;4H,1-3H3;1-3H3/b;;;;;;;;;5-4+;;. The number of nitrogens with zero attached hydrogens (tertiary/aromatic N) is 10. The maximum absolute atomic E-state index is 4.13. The van der Waals surface area contributed by atoms with Gasteiger partial charge in [0, 0.05) is 69.6 Å². The van der Waals surface area contributed by atoms with Gasteiger partial charge in [-0.05, 0) is 373 Å². The third kappa shape index (κ3) is 53.3. The summed E-state index contributed by atoms with van der Waals surface area (Å²) < 4.78 is 0. The highest BCUT2D eigenvalue weighted by atomic mass is 15.5. The summed E-state index contributed by atoms with van der Waals surface area (Å²) in [7, 11) is 18.4. The number of benzene rings is 6. The lowest BCUT2D eigenvalue weighted by Crippen LogP contribution is -2.08. The second kappa shape index (κ2) is 54.5. The van der Waals surface area contributed by atoms with Gasteiger partial charge in [-0.1, -0.05) is 105 Å². The molecule has 0 unspecified atom stereocenters. The SMILES string of the molecule is C/C=C/N(C)C.CC=NC(C)(C)C.CN=CC(C)(C)C.CN=CN(C)C.CN=NC(C)(C)C.CN=NN(C)C.Cc1ccc(C)c(C)c1C.Cc1ccc(C)c(C)c1C.Cc1ccc(C)c(C)c1C.Cc1ccc(C)c(C)c1C.Cc1ccc(C)c(C)c1C.Cc1ccc(C)c(C)c1C. The molecule has 0 saturated heterocycles. The Kier molecular flexibility index (Phi) is 56.5. The molecule has 0 N–H and O–H groups in total. The average Bonchev–Trinajstić information content (AvgIpc) is 1.09. The van der Waals surface area contributed by atoms with Crippen LogP contribution in [0.4, 0.5) is 0 Å². The highest BCUT2D eigenvalue weighted by Crippen LogP contribution is 2.20. The summed E-state index contributed by atoms with van der Waals surface area (Å²) in [6.07, 6.45) is 9.52. The molecule has 0 aliphatic carbocycles. The Morgan fingerprint density at radius 2 is 0.505 bits per heavy atom. The van der Waals surface area contributed by atoms with Crippen LogP contribution in [-0.2, 0) is 0 Å². The summed E-state index contributed by atoms with van der Waals surface area (Å²) in [6.45, 7) is 74.6. The van der Waals surface area contributed by atoms with Gasteiger partial charge in [0.1, 0.15) is 0 Å². The molecule has 0 aliphatic rings. The second-order valence-corrected chi connectivity index (χ2v) is 29.4. The molecule has 10 nitrogen and oxygen atoms in total. The van der Waals surface area contributed by atoms with E-state index in [1.165, 1.54) is 134 Å². The Bertz CT molecular complexity index is 2680. The summed E-state index contributed by atoms with van der Waals surface area (Å²) in [6, 6.07) is 26.1. The lowest BCUT2D eigenvalue weighted by Gasteiger charge is -2.09. The van der Waals surface area contributed by atoms with Crippen molar-refractivity contribution in [3.63, 3.8) is 0 Å². The van der Waals surface area contributed by atoms with Crippen molar-refractivity contribution in [2.24, 2.45) is 41.0 Å². The molecule has 558 valence electrons. The predicted molar refractivity (Wildman–Crippen MR) is 452 cm³/mol. The molecule has 0 fully saturated rings. The summed E-state index contributed by atoms with van der Waals surface area (Å²) in [5, 5.41) is 16.2. The molecule has 10 heteroatoms. The van der Waals surface area contributed by atoms with Crippen molar-refractivity contribution in [1.29, 1.82) is 0 Å². The van der Waals surface area contributed by atoms with Gasteiger partial charge >= 0.3 is 0 Å². The van der Waals surface area contributed by atoms with E-state index in [2.05, 4.69) is 316 Å². The first kappa shape index (κ1) is 103. The van der Waals surface area contributed by atoms with Crippen molar-refractivity contribution in [2.45, 2.75) is 253 Å². The van der Waals surface area contributed by atoms with E-state index in [1.807, 2.05) is 111 Å². The molecule has 0 aliphatic heterocycles. The molecule has 0 heterocycles. The van der Waals surface area contributed by atoms with Crippen LogP contribution in [0, 0.1) is 172 Å². The zero-order chi connectivity index (χ0) is 79.1. The third-order valence-corrected chi connectivity index (χ3v) is 16.5. The highest BCUT2D eigenvalue weighted by Gasteiger charge is 2.06. The normalized spacial score (nSPS) is 10.6. The van der Waals surface area contributed by atoms with Crippen LogP contribution >= 0.6 is 0 Å². The summed E-state index contributed by atoms with van der Waals surface area (Å²) >= 11 is 0. The maximum Gasteiger partial charge on any atom is 0.0841 e.